The van der Waals surface area contributed by atoms with Gasteiger partial charge < -0.3 is 11.1 Å². The maximum Gasteiger partial charge on any atom is 0.0361 e. The van der Waals surface area contributed by atoms with Gasteiger partial charge in [-0.15, -0.1) is 0 Å². The van der Waals surface area contributed by atoms with Crippen molar-refractivity contribution >= 4 is 18.0 Å². The highest BCUT2D eigenvalue weighted by molar-refractivity contribution is 5.94. The highest BCUT2D eigenvalue weighted by Gasteiger charge is 2.22. The van der Waals surface area contributed by atoms with Crippen molar-refractivity contribution in [3.63, 3.8) is 0 Å². The van der Waals surface area contributed by atoms with E-state index in [0.717, 1.165) is 48.9 Å². The van der Waals surface area contributed by atoms with Crippen molar-refractivity contribution in [3.05, 3.63) is 63.4 Å². The van der Waals surface area contributed by atoms with Gasteiger partial charge in [0.2, 0.25) is 0 Å². The normalized spacial score (nSPS) is 15.3. The minimum Gasteiger partial charge on any atom is -0.404 e. The van der Waals surface area contributed by atoms with Crippen molar-refractivity contribution in [1.82, 2.24) is 0 Å². The highest BCUT2D eigenvalue weighted by Crippen LogP contribution is 2.40. The van der Waals surface area contributed by atoms with E-state index in [9.17, 15) is 0 Å². The maximum absolute atomic E-state index is 8.02. The predicted octanol–water partition coefficient (Wildman–Crippen LogP) is 7.31. The molecule has 0 aliphatic heterocycles. The van der Waals surface area contributed by atoms with Gasteiger partial charge in [0.1, 0.15) is 0 Å². The van der Waals surface area contributed by atoms with Crippen LogP contribution in [-0.4, -0.2) is 19.0 Å². The number of nitrogens with zero attached hydrogens (tertiary/aromatic N) is 1. The second-order valence-electron chi connectivity index (χ2n) is 7.45. The first kappa shape index (κ1) is 25.6. The predicted molar refractivity (Wildman–Crippen MR) is 135 cm³/mol. The van der Waals surface area contributed by atoms with Crippen molar-refractivity contribution in [2.45, 2.75) is 80.1 Å². The van der Waals surface area contributed by atoms with Crippen LogP contribution in [0.4, 0.5) is 0 Å². The zero-order valence-electron chi connectivity index (χ0n) is 19.9. The molecule has 0 bridgehead atoms. The smallest absolute Gasteiger partial charge is 0.0361 e. The summed E-state index contributed by atoms with van der Waals surface area (Å²) < 4.78 is 0. The number of benzene rings is 1. The Bertz CT molecular complexity index is 823. The first-order valence-corrected chi connectivity index (χ1v) is 11.5. The van der Waals surface area contributed by atoms with Crippen LogP contribution in [0, 0.1) is 19.3 Å². The van der Waals surface area contributed by atoms with Crippen molar-refractivity contribution in [3.8, 4) is 0 Å². The molecule has 3 nitrogen and oxygen atoms in total. The Morgan fingerprint density at radius 2 is 1.77 bits per heavy atom. The van der Waals surface area contributed by atoms with Gasteiger partial charge in [-0.2, -0.15) is 0 Å². The molecule has 2 rings (SSSR count). The molecule has 0 radical (unpaired) electrons. The summed E-state index contributed by atoms with van der Waals surface area (Å²) in [6, 6.07) is 4.31. The number of hydrogen-bond acceptors (Lipinski definition) is 3. The average Bonchev–Trinajstić information content (AvgIpc) is 2.79. The Morgan fingerprint density at radius 3 is 2.37 bits per heavy atom. The Balaban J connectivity index is 0.00000218. The van der Waals surface area contributed by atoms with Gasteiger partial charge in [-0.05, 0) is 86.3 Å². The Labute approximate surface area is 184 Å². The van der Waals surface area contributed by atoms with Crippen molar-refractivity contribution in [1.29, 1.82) is 5.41 Å². The minimum atomic E-state index is 0.749. The first-order valence-electron chi connectivity index (χ1n) is 11.5. The lowest BCUT2D eigenvalue weighted by Gasteiger charge is -2.26. The molecule has 0 saturated carbocycles. The molecular weight excluding hydrogens is 366 g/mol. The highest BCUT2D eigenvalue weighted by atomic mass is 14.7. The monoisotopic (exact) mass is 407 g/mol. The number of rotatable bonds is 8. The van der Waals surface area contributed by atoms with Crippen molar-refractivity contribution in [2.75, 3.05) is 6.54 Å². The van der Waals surface area contributed by atoms with Gasteiger partial charge in [-0.25, -0.2) is 0 Å². The van der Waals surface area contributed by atoms with E-state index in [-0.39, 0.29) is 0 Å². The summed E-state index contributed by atoms with van der Waals surface area (Å²) >= 11 is 0. The van der Waals surface area contributed by atoms with E-state index in [1.165, 1.54) is 46.9 Å². The summed E-state index contributed by atoms with van der Waals surface area (Å²) in [4.78, 5) is 4.46. The third kappa shape index (κ3) is 6.29. The zero-order chi connectivity index (χ0) is 22.5. The molecule has 0 atom stereocenters. The number of allylic oxidation sites excluding steroid dienone is 5. The fourth-order valence-corrected chi connectivity index (χ4v) is 3.99. The number of aryl methyl sites for hydroxylation is 2. The lowest BCUT2D eigenvalue weighted by atomic mass is 9.78. The SMILES string of the molecule is CC.CCC/C=C(C1=C(c2c(C)ccc(C)c2C=N)CCCC1)\C(C=NCC)=C\N. The van der Waals surface area contributed by atoms with Crippen LogP contribution in [0.2, 0.25) is 0 Å². The molecule has 164 valence electrons. The molecule has 0 fully saturated rings. The summed E-state index contributed by atoms with van der Waals surface area (Å²) in [6.45, 7) is 13.2. The van der Waals surface area contributed by atoms with Gasteiger partial charge in [-0.1, -0.05) is 45.4 Å². The zero-order valence-corrected chi connectivity index (χ0v) is 19.9. The van der Waals surface area contributed by atoms with Gasteiger partial charge in [0, 0.05) is 36.3 Å². The molecular formula is C27H41N3. The Hall–Kier alpha value is -2.42. The van der Waals surface area contributed by atoms with Gasteiger partial charge >= 0.3 is 0 Å². The second-order valence-corrected chi connectivity index (χ2v) is 7.45. The standard InChI is InChI=1S/C25H35N3.C2H6/c1-5-7-10-21(20(15-26)17-28-6-2)22-11-8-9-12-23(22)25-19(4)14-13-18(3)24(25)16-27;1-2/h10,13-17,27H,5-9,11-12,26H2,1-4H3;1-2H3/b20-15+,21-10+,27-16?,28-17?;. The van der Waals surface area contributed by atoms with Crippen LogP contribution in [0.5, 0.6) is 0 Å². The van der Waals surface area contributed by atoms with Gasteiger partial charge in [-0.3, -0.25) is 4.99 Å². The number of unbranched alkanes of at least 4 members (excludes halogenated alkanes) is 1. The quantitative estimate of drug-likeness (QED) is 0.344. The molecule has 3 heteroatoms. The van der Waals surface area contributed by atoms with Crippen LogP contribution in [0.1, 0.15) is 88.5 Å². The summed E-state index contributed by atoms with van der Waals surface area (Å²) in [6.07, 6.45) is 14.1. The van der Waals surface area contributed by atoms with Crippen LogP contribution < -0.4 is 5.73 Å². The first-order chi connectivity index (χ1) is 14.6. The molecule has 0 unspecified atom stereocenters. The number of hydrogen-bond donors (Lipinski definition) is 2. The van der Waals surface area contributed by atoms with Crippen LogP contribution in [0.3, 0.4) is 0 Å². The third-order valence-electron chi connectivity index (χ3n) is 5.45. The van der Waals surface area contributed by atoms with E-state index >= 15 is 0 Å². The summed E-state index contributed by atoms with van der Waals surface area (Å²) in [5.74, 6) is 0. The fourth-order valence-electron chi connectivity index (χ4n) is 3.99. The number of nitrogens with one attached hydrogen (secondary N) is 1. The molecule has 1 aromatic rings. The van der Waals surface area contributed by atoms with Crippen molar-refractivity contribution < 1.29 is 0 Å². The molecule has 0 saturated heterocycles. The number of nitrogens with two attached hydrogens (primary N) is 1. The van der Waals surface area contributed by atoms with E-state index in [2.05, 4.69) is 44.0 Å². The van der Waals surface area contributed by atoms with Gasteiger partial charge in [0.05, 0.1) is 0 Å². The van der Waals surface area contributed by atoms with E-state index in [1.54, 1.807) is 6.20 Å². The summed E-state index contributed by atoms with van der Waals surface area (Å²) in [5.41, 5.74) is 15.7. The molecule has 1 aliphatic rings. The van der Waals surface area contributed by atoms with E-state index in [0.29, 0.717) is 0 Å². The number of aliphatic imine (C=N–C) groups is 1. The Kier molecular flexibility index (Phi) is 11.7. The Morgan fingerprint density at radius 1 is 1.10 bits per heavy atom. The molecule has 0 heterocycles. The second kappa shape index (κ2) is 13.7. The summed E-state index contributed by atoms with van der Waals surface area (Å²) in [7, 11) is 0. The molecule has 0 spiro atoms. The van der Waals surface area contributed by atoms with E-state index in [1.807, 2.05) is 27.0 Å². The van der Waals surface area contributed by atoms with Gasteiger partial charge in [0.25, 0.3) is 0 Å². The lowest BCUT2D eigenvalue weighted by Crippen LogP contribution is -2.09. The largest absolute Gasteiger partial charge is 0.404 e. The topological polar surface area (TPSA) is 62.2 Å². The third-order valence-corrected chi connectivity index (χ3v) is 5.45. The molecule has 1 aromatic carbocycles. The van der Waals surface area contributed by atoms with Crippen LogP contribution >= 0.6 is 0 Å². The minimum absolute atomic E-state index is 0.749. The lowest BCUT2D eigenvalue weighted by molar-refractivity contribution is 0.718. The van der Waals surface area contributed by atoms with Crippen LogP contribution in [0.25, 0.3) is 5.57 Å². The summed E-state index contributed by atoms with van der Waals surface area (Å²) in [5, 5.41) is 8.02. The average molecular weight is 408 g/mol. The molecule has 1 aliphatic carbocycles. The van der Waals surface area contributed by atoms with Crippen LogP contribution in [0.15, 0.2) is 46.1 Å². The van der Waals surface area contributed by atoms with E-state index in [4.69, 9.17) is 11.1 Å². The molecule has 0 amide bonds. The molecule has 30 heavy (non-hydrogen) atoms. The van der Waals surface area contributed by atoms with Gasteiger partial charge in [0.15, 0.2) is 0 Å². The molecule has 3 N–H and O–H groups in total. The van der Waals surface area contributed by atoms with Crippen molar-refractivity contribution in [2.24, 2.45) is 10.7 Å². The van der Waals surface area contributed by atoms with E-state index < -0.39 is 0 Å². The molecule has 0 aromatic heterocycles. The maximum atomic E-state index is 8.02. The van der Waals surface area contributed by atoms with Crippen LogP contribution in [-0.2, 0) is 0 Å². The fraction of sp³-hybridized carbons (Fsp3) is 0.481.